The highest BCUT2D eigenvalue weighted by atomic mass is 16.4. The van der Waals surface area contributed by atoms with Gasteiger partial charge in [0.15, 0.2) is 5.96 Å². The third-order valence-corrected chi connectivity index (χ3v) is 8.72. The van der Waals surface area contributed by atoms with E-state index in [2.05, 4.69) is 46.9 Å². The number of aliphatic hydroxyl groups is 1. The minimum Gasteiger partial charge on any atom is -0.508 e. The Hall–Kier alpha value is -6.82. The van der Waals surface area contributed by atoms with Crippen molar-refractivity contribution < 1.29 is 53.7 Å². The van der Waals surface area contributed by atoms with Crippen molar-refractivity contribution in [3.8, 4) is 5.75 Å². The number of carboxylic acid groups (broad SMARTS) is 1. The smallest absolute Gasteiger partial charge is 0.326 e. The maximum Gasteiger partial charge on any atom is 0.326 e. The van der Waals surface area contributed by atoms with E-state index in [4.69, 9.17) is 22.9 Å². The van der Waals surface area contributed by atoms with Crippen molar-refractivity contribution in [1.29, 1.82) is 0 Å². The largest absolute Gasteiger partial charge is 0.508 e. The van der Waals surface area contributed by atoms with Gasteiger partial charge in [-0.3, -0.25) is 38.6 Å². The molecule has 7 amide bonds. The van der Waals surface area contributed by atoms with Gasteiger partial charge in [-0.15, -0.1) is 0 Å². The van der Waals surface area contributed by atoms with Gasteiger partial charge >= 0.3 is 5.97 Å². The number of phenols is 1. The molecule has 0 saturated heterocycles. The number of H-pyrrole nitrogens is 1. The van der Waals surface area contributed by atoms with E-state index < -0.39 is 95.7 Å². The molecule has 60 heavy (non-hydrogen) atoms. The summed E-state index contributed by atoms with van der Waals surface area (Å²) in [6.45, 7) is 3.95. The average molecular weight is 846 g/mol. The molecule has 0 spiro atoms. The predicted octanol–water partition coefficient (Wildman–Crippen LogP) is -5.04. The van der Waals surface area contributed by atoms with E-state index in [0.29, 0.717) is 11.3 Å². The number of amides is 7. The Balaban J connectivity index is 2.42. The number of phenolic OH excluding ortho intramolecular Hbond substituents is 1. The number of carboxylic acids is 1. The first-order valence-electron chi connectivity index (χ1n) is 18.8. The molecule has 1 heterocycles. The Morgan fingerprint density at radius 2 is 1.30 bits per heavy atom. The zero-order chi connectivity index (χ0) is 45.1. The van der Waals surface area contributed by atoms with Gasteiger partial charge in [-0.25, -0.2) is 9.78 Å². The number of aromatic hydroxyl groups is 1. The molecule has 0 fully saturated rings. The number of aromatic amines is 1. The molecular formula is C36H55N13O11. The van der Waals surface area contributed by atoms with Crippen molar-refractivity contribution in [3.63, 3.8) is 0 Å². The second-order valence-corrected chi connectivity index (χ2v) is 13.9. The van der Waals surface area contributed by atoms with Gasteiger partial charge in [-0.2, -0.15) is 0 Å². The highest BCUT2D eigenvalue weighted by Crippen LogP contribution is 2.13. The highest BCUT2D eigenvalue weighted by Gasteiger charge is 2.35. The van der Waals surface area contributed by atoms with Gasteiger partial charge in [0.05, 0.1) is 18.5 Å². The second-order valence-electron chi connectivity index (χ2n) is 13.9. The van der Waals surface area contributed by atoms with Crippen molar-refractivity contribution >= 4 is 53.3 Å². The van der Waals surface area contributed by atoms with E-state index in [0.717, 1.165) is 6.92 Å². The van der Waals surface area contributed by atoms with E-state index in [9.17, 15) is 53.7 Å². The molecule has 24 nitrogen and oxygen atoms in total. The summed E-state index contributed by atoms with van der Waals surface area (Å²) in [5.41, 5.74) is 22.3. The Morgan fingerprint density at radius 3 is 1.85 bits per heavy atom. The lowest BCUT2D eigenvalue weighted by Crippen LogP contribution is -2.62. The summed E-state index contributed by atoms with van der Waals surface area (Å²) < 4.78 is 0. The summed E-state index contributed by atoms with van der Waals surface area (Å²) in [6, 6.07) is -4.16. The van der Waals surface area contributed by atoms with Gasteiger partial charge < -0.3 is 75.1 Å². The molecule has 8 atom stereocenters. The molecule has 330 valence electrons. The third kappa shape index (κ3) is 17.4. The first-order valence-corrected chi connectivity index (χ1v) is 18.8. The standard InChI is InChI=1S/C36H55N13O11/c1-17(37)29(53)44-18(2)30(54)47-26(14-21-15-41-16-43-21)32(56)48-25(13-20-6-8-22(51)9-7-20)33(57)49-28(19(3)50)34(58)45-23(5-4-12-42-36(39)40)31(55)46-24(35(59)60)10-11-27(38)52/h6-9,15-19,23-26,28,50-51H,4-5,10-14,37H2,1-3H3,(H2,38,52)(H,41,43)(H,44,53)(H,45,58)(H,46,55)(H,47,54)(H,48,56)(H,49,57)(H,59,60)(H4,39,40,42). The van der Waals surface area contributed by atoms with E-state index >= 15 is 0 Å². The van der Waals surface area contributed by atoms with Gasteiger partial charge in [0.2, 0.25) is 41.4 Å². The molecule has 1 aromatic carbocycles. The maximum atomic E-state index is 14.0. The molecule has 8 unspecified atom stereocenters. The third-order valence-electron chi connectivity index (χ3n) is 8.72. The number of carbonyl (C=O) groups is 8. The number of benzene rings is 1. The summed E-state index contributed by atoms with van der Waals surface area (Å²) in [6.07, 6.45) is -0.0792. The van der Waals surface area contributed by atoms with Gasteiger partial charge in [0.1, 0.15) is 42.0 Å². The molecule has 24 heteroatoms. The maximum absolute atomic E-state index is 14.0. The molecule has 2 aromatic rings. The van der Waals surface area contributed by atoms with Crippen LogP contribution in [0.5, 0.6) is 5.75 Å². The predicted molar refractivity (Wildman–Crippen MR) is 213 cm³/mol. The molecule has 0 aliphatic rings. The number of aromatic nitrogens is 2. The van der Waals surface area contributed by atoms with Crippen molar-refractivity contribution in [2.24, 2.45) is 27.9 Å². The molecule has 2 rings (SSSR count). The van der Waals surface area contributed by atoms with Gasteiger partial charge in [0, 0.05) is 37.7 Å². The van der Waals surface area contributed by atoms with Crippen LogP contribution in [0, 0.1) is 0 Å². The minimum absolute atomic E-state index is 0.00347. The molecule has 0 bridgehead atoms. The first-order chi connectivity index (χ1) is 28.2. The molecule has 0 aliphatic carbocycles. The van der Waals surface area contributed by atoms with Gasteiger partial charge in [-0.1, -0.05) is 12.1 Å². The number of primary amides is 1. The fourth-order valence-corrected chi connectivity index (χ4v) is 5.39. The lowest BCUT2D eigenvalue weighted by atomic mass is 10.0. The molecule has 0 radical (unpaired) electrons. The van der Waals surface area contributed by atoms with Crippen LogP contribution in [0.25, 0.3) is 0 Å². The van der Waals surface area contributed by atoms with Crippen LogP contribution in [0.3, 0.4) is 0 Å². The number of rotatable bonds is 25. The van der Waals surface area contributed by atoms with E-state index in [-0.39, 0.29) is 56.8 Å². The van der Waals surface area contributed by atoms with Crippen LogP contribution in [0.2, 0.25) is 0 Å². The number of nitrogens with one attached hydrogen (secondary N) is 7. The van der Waals surface area contributed by atoms with Crippen LogP contribution in [0.15, 0.2) is 41.8 Å². The van der Waals surface area contributed by atoms with E-state index in [1.165, 1.54) is 50.6 Å². The quantitative estimate of drug-likeness (QED) is 0.0253. The average Bonchev–Trinajstić information content (AvgIpc) is 3.69. The summed E-state index contributed by atoms with van der Waals surface area (Å²) in [5, 5.41) is 44.7. The molecule has 0 aliphatic heterocycles. The summed E-state index contributed by atoms with van der Waals surface area (Å²) >= 11 is 0. The second kappa shape index (κ2) is 24.2. The number of aliphatic imine (C=N–C) groups is 1. The van der Waals surface area contributed by atoms with Crippen LogP contribution in [0.1, 0.15) is 57.7 Å². The monoisotopic (exact) mass is 845 g/mol. The van der Waals surface area contributed by atoms with Crippen molar-refractivity contribution in [1.82, 2.24) is 41.9 Å². The Bertz CT molecular complexity index is 1820. The number of nitrogens with zero attached hydrogens (tertiary/aromatic N) is 2. The minimum atomic E-state index is -1.77. The zero-order valence-electron chi connectivity index (χ0n) is 33.3. The number of hydrogen-bond acceptors (Lipinski definition) is 13. The fourth-order valence-electron chi connectivity index (χ4n) is 5.39. The number of hydrogen-bond donors (Lipinski definition) is 14. The number of aliphatic carboxylic acids is 1. The topological polar surface area (TPSA) is 415 Å². The lowest BCUT2D eigenvalue weighted by molar-refractivity contribution is -0.142. The Kier molecular flexibility index (Phi) is 19.9. The van der Waals surface area contributed by atoms with E-state index in [1.54, 1.807) is 0 Å². The van der Waals surface area contributed by atoms with Crippen LogP contribution >= 0.6 is 0 Å². The highest BCUT2D eigenvalue weighted by molar-refractivity contribution is 5.97. The summed E-state index contributed by atoms with van der Waals surface area (Å²) in [7, 11) is 0. The van der Waals surface area contributed by atoms with Crippen molar-refractivity contribution in [2.75, 3.05) is 6.54 Å². The number of aliphatic hydroxyl groups excluding tert-OH is 1. The number of carbonyl (C=O) groups excluding carboxylic acids is 7. The number of nitrogens with two attached hydrogens (primary N) is 4. The van der Waals surface area contributed by atoms with Crippen LogP contribution in [-0.2, 0) is 51.2 Å². The van der Waals surface area contributed by atoms with Crippen LogP contribution in [0.4, 0.5) is 0 Å². The molecule has 0 saturated carbocycles. The van der Waals surface area contributed by atoms with Crippen LogP contribution in [-0.4, -0.2) is 134 Å². The Morgan fingerprint density at radius 1 is 0.733 bits per heavy atom. The summed E-state index contributed by atoms with van der Waals surface area (Å²) in [4.78, 5) is 114. The molecule has 1 aromatic heterocycles. The van der Waals surface area contributed by atoms with Crippen molar-refractivity contribution in [2.45, 2.75) is 108 Å². The Labute approximate surface area is 344 Å². The molecule has 18 N–H and O–H groups in total. The first kappa shape index (κ1) is 49.3. The van der Waals surface area contributed by atoms with Crippen LogP contribution < -0.4 is 54.8 Å². The molecular weight excluding hydrogens is 790 g/mol. The lowest BCUT2D eigenvalue weighted by Gasteiger charge is -2.28. The zero-order valence-corrected chi connectivity index (χ0v) is 33.3. The van der Waals surface area contributed by atoms with Gasteiger partial charge in [0.25, 0.3) is 0 Å². The number of imidazole rings is 1. The fraction of sp³-hybridized carbons (Fsp3) is 0.500. The SMILES string of the molecule is CC(N)C(=O)NC(C)C(=O)NC(Cc1cnc[nH]1)C(=O)NC(Cc1ccc(O)cc1)C(=O)NC(C(=O)NC(CCCN=C(N)N)C(=O)NC(CCC(N)=O)C(=O)O)C(C)O. The number of guanidine groups is 1. The van der Waals surface area contributed by atoms with Gasteiger partial charge in [-0.05, 0) is 57.7 Å². The van der Waals surface area contributed by atoms with E-state index in [1.807, 2.05) is 0 Å². The summed E-state index contributed by atoms with van der Waals surface area (Å²) in [5.74, 6) is -8.02. The van der Waals surface area contributed by atoms with Crippen molar-refractivity contribution in [3.05, 3.63) is 48.0 Å². The normalized spacial score (nSPS) is 14.9.